The normalized spacial score (nSPS) is 20.5. The Morgan fingerprint density at radius 1 is 0.913 bits per heavy atom. The van der Waals surface area contributed by atoms with Gasteiger partial charge >= 0.3 is 0 Å². The molecular weight excluding hydrogens is 290 g/mol. The van der Waals surface area contributed by atoms with Crippen LogP contribution in [0.2, 0.25) is 0 Å². The summed E-state index contributed by atoms with van der Waals surface area (Å²) in [5, 5.41) is 29.6. The quantitative estimate of drug-likeness (QED) is 0.599. The Morgan fingerprint density at radius 3 is 1.74 bits per heavy atom. The van der Waals surface area contributed by atoms with Gasteiger partial charge in [-0.15, -0.1) is 0 Å². The molecule has 0 amide bonds. The van der Waals surface area contributed by atoms with E-state index < -0.39 is 0 Å². The molecule has 1 aliphatic rings. The molecule has 3 N–H and O–H groups in total. The van der Waals surface area contributed by atoms with Gasteiger partial charge in [0.25, 0.3) is 0 Å². The van der Waals surface area contributed by atoms with Gasteiger partial charge in [-0.25, -0.2) is 0 Å². The highest BCUT2D eigenvalue weighted by atomic mass is 16.5. The number of piperidine rings is 1. The minimum absolute atomic E-state index is 0.00514. The Balaban J connectivity index is 0.000000231. The highest BCUT2D eigenvalue weighted by Gasteiger charge is 2.40. The summed E-state index contributed by atoms with van der Waals surface area (Å²) in [6.07, 6.45) is 3.40. The predicted octanol–water partition coefficient (Wildman–Crippen LogP) is 4.81. The van der Waals surface area contributed by atoms with Crippen LogP contribution in [0.1, 0.15) is 73.3 Å². The molecule has 0 unspecified atom stereocenters. The van der Waals surface area contributed by atoms with Crippen molar-refractivity contribution in [2.24, 2.45) is 0 Å². The van der Waals surface area contributed by atoms with Crippen molar-refractivity contribution in [3.63, 3.8) is 0 Å². The number of nitrogens with zero attached hydrogens (tertiary/aromatic N) is 1. The maximum Gasteiger partial charge on any atom is 0.157 e. The fourth-order valence-corrected chi connectivity index (χ4v) is 2.97. The average molecular weight is 323 g/mol. The van der Waals surface area contributed by atoms with Crippen molar-refractivity contribution < 1.29 is 15.4 Å². The molecular formula is C19H33NO3. The third-order valence-electron chi connectivity index (χ3n) is 4.57. The molecule has 1 fully saturated rings. The molecule has 0 bridgehead atoms. The lowest BCUT2D eigenvalue weighted by atomic mass is 9.82. The van der Waals surface area contributed by atoms with E-state index in [9.17, 15) is 10.3 Å². The van der Waals surface area contributed by atoms with E-state index in [1.165, 1.54) is 17.6 Å². The van der Waals surface area contributed by atoms with E-state index >= 15 is 0 Å². The lowest BCUT2D eigenvalue weighted by molar-refractivity contribution is -0.241. The standard InChI is InChI=1S/C10H14O2.C9H19NO/c1-10(2,3)7-4-5-8(11)9(12)6-7;1-8(2)6-5-7-9(3,4)10(8)11/h4-6,11-12H,1-3H3;11H,5-7H2,1-4H3. The number of hydrogen-bond donors (Lipinski definition) is 3. The van der Waals surface area contributed by atoms with E-state index in [1.54, 1.807) is 6.07 Å². The first kappa shape index (κ1) is 19.8. The number of benzene rings is 1. The van der Waals surface area contributed by atoms with Gasteiger partial charge in [0.15, 0.2) is 11.5 Å². The zero-order valence-electron chi connectivity index (χ0n) is 15.6. The number of hydrogen-bond acceptors (Lipinski definition) is 4. The molecule has 1 aromatic rings. The van der Waals surface area contributed by atoms with E-state index in [4.69, 9.17) is 5.11 Å². The number of phenolic OH excluding ortho intramolecular Hbond substituents is 2. The van der Waals surface area contributed by atoms with Gasteiger partial charge in [0.1, 0.15) is 0 Å². The molecule has 0 aliphatic carbocycles. The van der Waals surface area contributed by atoms with Crippen molar-refractivity contribution in [2.45, 2.75) is 84.2 Å². The van der Waals surface area contributed by atoms with E-state index in [0.29, 0.717) is 0 Å². The predicted molar refractivity (Wildman–Crippen MR) is 94.1 cm³/mol. The molecule has 0 saturated carbocycles. The van der Waals surface area contributed by atoms with Crippen LogP contribution in [0, 0.1) is 0 Å². The molecule has 1 aromatic carbocycles. The highest BCUT2D eigenvalue weighted by Crippen LogP contribution is 2.36. The van der Waals surface area contributed by atoms with Crippen LogP contribution in [0.15, 0.2) is 18.2 Å². The van der Waals surface area contributed by atoms with Gasteiger partial charge in [-0.3, -0.25) is 0 Å². The van der Waals surface area contributed by atoms with Crippen LogP contribution in [0.3, 0.4) is 0 Å². The van der Waals surface area contributed by atoms with Gasteiger partial charge in [-0.1, -0.05) is 26.8 Å². The Morgan fingerprint density at radius 2 is 1.39 bits per heavy atom. The van der Waals surface area contributed by atoms with Gasteiger partial charge in [-0.05, 0) is 70.1 Å². The van der Waals surface area contributed by atoms with Crippen LogP contribution in [0.5, 0.6) is 11.5 Å². The molecule has 23 heavy (non-hydrogen) atoms. The highest BCUT2D eigenvalue weighted by molar-refractivity contribution is 5.42. The summed E-state index contributed by atoms with van der Waals surface area (Å²) in [6.45, 7) is 14.5. The zero-order chi connectivity index (χ0) is 18.1. The molecule has 132 valence electrons. The van der Waals surface area contributed by atoms with Crippen molar-refractivity contribution in [1.82, 2.24) is 5.06 Å². The molecule has 4 nitrogen and oxygen atoms in total. The van der Waals surface area contributed by atoms with Crippen molar-refractivity contribution in [3.8, 4) is 11.5 Å². The first-order valence-electron chi connectivity index (χ1n) is 8.29. The Labute approximate surface area is 140 Å². The number of phenols is 2. The fraction of sp³-hybridized carbons (Fsp3) is 0.684. The van der Waals surface area contributed by atoms with E-state index in [2.05, 4.69) is 48.5 Å². The van der Waals surface area contributed by atoms with E-state index in [-0.39, 0.29) is 28.0 Å². The third-order valence-corrected chi connectivity index (χ3v) is 4.57. The molecule has 0 aromatic heterocycles. The molecule has 4 heteroatoms. The molecule has 2 rings (SSSR count). The molecule has 1 aliphatic heterocycles. The summed E-state index contributed by atoms with van der Waals surface area (Å²) < 4.78 is 0. The van der Waals surface area contributed by atoms with Crippen LogP contribution in [0.25, 0.3) is 0 Å². The summed E-state index contributed by atoms with van der Waals surface area (Å²) in [4.78, 5) is 0. The van der Waals surface area contributed by atoms with Crippen molar-refractivity contribution in [2.75, 3.05) is 0 Å². The van der Waals surface area contributed by atoms with Gasteiger partial charge in [0, 0.05) is 11.1 Å². The zero-order valence-corrected chi connectivity index (χ0v) is 15.6. The SMILES string of the molecule is CC(C)(C)c1ccc(O)c(O)c1.CC1(C)CCCC(C)(C)N1O. The van der Waals surface area contributed by atoms with Gasteiger partial charge in [-0.2, -0.15) is 5.06 Å². The number of hydroxylamine groups is 2. The molecule has 0 spiro atoms. The Hall–Kier alpha value is -1.26. The maximum absolute atomic E-state index is 9.80. The smallest absolute Gasteiger partial charge is 0.157 e. The Kier molecular flexibility index (Phi) is 5.76. The van der Waals surface area contributed by atoms with Crippen molar-refractivity contribution in [1.29, 1.82) is 0 Å². The second-order valence-corrected chi connectivity index (χ2v) is 8.74. The van der Waals surface area contributed by atoms with Crippen LogP contribution < -0.4 is 0 Å². The number of rotatable bonds is 0. The van der Waals surface area contributed by atoms with Crippen LogP contribution in [-0.2, 0) is 5.41 Å². The lowest BCUT2D eigenvalue weighted by Gasteiger charge is -2.48. The molecule has 0 radical (unpaired) electrons. The number of aromatic hydroxyl groups is 2. The van der Waals surface area contributed by atoms with Crippen LogP contribution >= 0.6 is 0 Å². The summed E-state index contributed by atoms with van der Waals surface area (Å²) in [5.41, 5.74) is 0.937. The first-order valence-corrected chi connectivity index (χ1v) is 8.29. The summed E-state index contributed by atoms with van der Waals surface area (Å²) in [5.74, 6) is -0.120. The molecule has 1 saturated heterocycles. The summed E-state index contributed by atoms with van der Waals surface area (Å²) in [6, 6.07) is 4.92. The van der Waals surface area contributed by atoms with Gasteiger partial charge in [0.2, 0.25) is 0 Å². The molecule has 1 heterocycles. The summed E-state index contributed by atoms with van der Waals surface area (Å²) >= 11 is 0. The fourth-order valence-electron chi connectivity index (χ4n) is 2.97. The molecule has 0 atom stereocenters. The second-order valence-electron chi connectivity index (χ2n) is 8.74. The van der Waals surface area contributed by atoms with E-state index in [0.717, 1.165) is 18.4 Å². The van der Waals surface area contributed by atoms with Crippen LogP contribution in [-0.4, -0.2) is 31.6 Å². The third kappa shape index (κ3) is 5.11. The second kappa shape index (κ2) is 6.70. The largest absolute Gasteiger partial charge is 0.504 e. The monoisotopic (exact) mass is 323 g/mol. The minimum atomic E-state index is -0.0667. The minimum Gasteiger partial charge on any atom is -0.504 e. The summed E-state index contributed by atoms with van der Waals surface area (Å²) in [7, 11) is 0. The first-order chi connectivity index (χ1) is 10.3. The Bertz CT molecular complexity index is 514. The van der Waals surface area contributed by atoms with Crippen LogP contribution in [0.4, 0.5) is 0 Å². The maximum atomic E-state index is 9.80. The van der Waals surface area contributed by atoms with Crippen molar-refractivity contribution >= 4 is 0 Å². The lowest BCUT2D eigenvalue weighted by Crippen LogP contribution is -2.56. The van der Waals surface area contributed by atoms with Crippen molar-refractivity contribution in [3.05, 3.63) is 23.8 Å². The topological polar surface area (TPSA) is 63.9 Å². The van der Waals surface area contributed by atoms with E-state index in [1.807, 2.05) is 6.07 Å². The average Bonchev–Trinajstić information content (AvgIpc) is 2.38. The van der Waals surface area contributed by atoms with Gasteiger partial charge < -0.3 is 15.4 Å². The van der Waals surface area contributed by atoms with Gasteiger partial charge in [0.05, 0.1) is 0 Å².